The van der Waals surface area contributed by atoms with Crippen LogP contribution in [0.4, 0.5) is 0 Å². The molecule has 5 heteroatoms. The van der Waals surface area contributed by atoms with Crippen LogP contribution in [-0.4, -0.2) is 25.3 Å². The molecule has 17 heavy (non-hydrogen) atoms. The second-order valence-corrected chi connectivity index (χ2v) is 3.26. The molecular formula is C12H14NO4+. The zero-order chi connectivity index (χ0) is 12.8. The van der Waals surface area contributed by atoms with Gasteiger partial charge in [0, 0.05) is 12.1 Å². The van der Waals surface area contributed by atoms with Crippen molar-refractivity contribution < 1.29 is 23.9 Å². The average Bonchev–Trinajstić information content (AvgIpc) is 2.36. The van der Waals surface area contributed by atoms with E-state index in [1.54, 1.807) is 12.4 Å². The number of methoxy groups -OCH3 is 2. The molecule has 5 nitrogen and oxygen atoms in total. The molecule has 1 heterocycles. The molecule has 90 valence electrons. The number of aromatic nitrogens is 1. The number of carbonyl (C=O) groups is 1. The van der Waals surface area contributed by atoms with E-state index in [1.807, 2.05) is 19.1 Å². The van der Waals surface area contributed by atoms with E-state index >= 15 is 0 Å². The van der Waals surface area contributed by atoms with Crippen LogP contribution in [-0.2, 0) is 14.3 Å². The third-order valence-corrected chi connectivity index (χ3v) is 2.05. The van der Waals surface area contributed by atoms with E-state index in [9.17, 15) is 9.90 Å². The Morgan fingerprint density at radius 1 is 1.29 bits per heavy atom. The number of hydrogen-bond acceptors (Lipinski definition) is 4. The van der Waals surface area contributed by atoms with Gasteiger partial charge in [-0.15, -0.1) is 0 Å². The molecule has 0 atom stereocenters. The van der Waals surface area contributed by atoms with Gasteiger partial charge in [-0.1, -0.05) is 0 Å². The van der Waals surface area contributed by atoms with Crippen LogP contribution in [0, 0.1) is 6.92 Å². The van der Waals surface area contributed by atoms with Crippen LogP contribution in [0.3, 0.4) is 0 Å². The van der Waals surface area contributed by atoms with E-state index in [4.69, 9.17) is 0 Å². The Bertz CT molecular complexity index is 470. The summed E-state index contributed by atoms with van der Waals surface area (Å²) in [7, 11) is 2.53. The number of esters is 1. The first kappa shape index (κ1) is 12.8. The largest absolute Gasteiger partial charge is 0.475 e. The minimum absolute atomic E-state index is 0.0341. The summed E-state index contributed by atoms with van der Waals surface area (Å²) < 4.78 is 10.6. The first-order chi connectivity index (χ1) is 8.08. The molecule has 0 spiro atoms. The highest BCUT2D eigenvalue weighted by Gasteiger charge is 2.21. The molecule has 0 saturated heterocycles. The van der Waals surface area contributed by atoms with Crippen molar-refractivity contribution in [1.82, 2.24) is 0 Å². The van der Waals surface area contributed by atoms with Crippen molar-refractivity contribution in [3.8, 4) is 0 Å². The molecule has 0 bridgehead atoms. The minimum Gasteiger partial charge on any atom is -0.475 e. The summed E-state index contributed by atoms with van der Waals surface area (Å²) in [6, 6.07) is 3.63. The third-order valence-electron chi connectivity index (χ3n) is 2.05. The van der Waals surface area contributed by atoms with Gasteiger partial charge >= 0.3 is 17.6 Å². The van der Waals surface area contributed by atoms with Crippen molar-refractivity contribution in [1.29, 1.82) is 0 Å². The highest BCUT2D eigenvalue weighted by molar-refractivity contribution is 6.05. The third kappa shape index (κ3) is 3.36. The zero-order valence-corrected chi connectivity index (χ0v) is 9.93. The number of nitrogens with zero attached hydrogens (tertiary/aromatic N) is 1. The van der Waals surface area contributed by atoms with Gasteiger partial charge in [-0.3, -0.25) is 0 Å². The Hall–Kier alpha value is -2.26. The Morgan fingerprint density at radius 3 is 2.35 bits per heavy atom. The normalized spacial score (nSPS) is 9.12. The first-order valence-corrected chi connectivity index (χ1v) is 4.89. The molecule has 0 unspecified atom stereocenters. The molecule has 0 radical (unpaired) electrons. The van der Waals surface area contributed by atoms with Crippen molar-refractivity contribution in [3.05, 3.63) is 41.8 Å². The first-order valence-electron chi connectivity index (χ1n) is 4.89. The fourth-order valence-electron chi connectivity index (χ4n) is 1.12. The van der Waals surface area contributed by atoms with E-state index in [0.29, 0.717) is 0 Å². The fourth-order valence-corrected chi connectivity index (χ4v) is 1.12. The summed E-state index contributed by atoms with van der Waals surface area (Å²) in [6.07, 6.45) is 3.33. The second-order valence-electron chi connectivity index (χ2n) is 3.26. The quantitative estimate of drug-likeness (QED) is 0.279. The number of aryl methyl sites for hydroxylation is 1. The Balaban J connectivity index is 3.30. The molecule has 1 rings (SSSR count). The van der Waals surface area contributed by atoms with E-state index in [1.165, 1.54) is 18.8 Å². The summed E-state index contributed by atoms with van der Waals surface area (Å²) >= 11 is 0. The van der Waals surface area contributed by atoms with E-state index in [-0.39, 0.29) is 5.70 Å². The van der Waals surface area contributed by atoms with Crippen molar-refractivity contribution in [2.45, 2.75) is 6.92 Å². The van der Waals surface area contributed by atoms with Crippen LogP contribution >= 0.6 is 0 Å². The van der Waals surface area contributed by atoms with Gasteiger partial charge in [0.15, 0.2) is 12.4 Å². The van der Waals surface area contributed by atoms with Crippen LogP contribution in [0.2, 0.25) is 0 Å². The lowest BCUT2D eigenvalue weighted by molar-refractivity contribution is -0.578. The highest BCUT2D eigenvalue weighted by Crippen LogP contribution is 1.99. The molecule has 0 aromatic carbocycles. The monoisotopic (exact) mass is 236 g/mol. The molecule has 1 aromatic rings. The lowest BCUT2D eigenvalue weighted by Crippen LogP contribution is -2.35. The maximum absolute atomic E-state index is 11.5. The molecule has 0 aliphatic rings. The summed E-state index contributed by atoms with van der Waals surface area (Å²) in [5, 5.41) is 9.23. The zero-order valence-electron chi connectivity index (χ0n) is 9.93. The van der Waals surface area contributed by atoms with Crippen molar-refractivity contribution in [3.63, 3.8) is 0 Å². The van der Waals surface area contributed by atoms with E-state index < -0.39 is 11.9 Å². The maximum Gasteiger partial charge on any atom is 0.413 e. The minimum atomic E-state index is -0.623. The van der Waals surface area contributed by atoms with Gasteiger partial charge in [0.05, 0.1) is 20.0 Å². The fraction of sp³-hybridized carbons (Fsp3) is 0.250. The highest BCUT2D eigenvalue weighted by atomic mass is 16.6. The van der Waals surface area contributed by atoms with Gasteiger partial charge in [0.1, 0.15) is 0 Å². The Labute approximate surface area is 99.2 Å². The molecule has 1 N–H and O–H groups in total. The Morgan fingerprint density at radius 2 is 1.88 bits per heavy atom. The predicted molar refractivity (Wildman–Crippen MR) is 59.8 cm³/mol. The van der Waals surface area contributed by atoms with E-state index in [0.717, 1.165) is 5.56 Å². The molecule has 0 amide bonds. The SMILES string of the molecule is COC(=O)C(=C=C(O)OC)[n+]1ccc(C)cc1. The predicted octanol–water partition coefficient (Wildman–Crippen LogP) is 0.941. The number of rotatable bonds is 3. The number of carbonyl (C=O) groups excluding carboxylic acids is 1. The second kappa shape index (κ2) is 5.72. The molecule has 0 fully saturated rings. The number of aliphatic hydroxyl groups is 1. The summed E-state index contributed by atoms with van der Waals surface area (Å²) in [5.41, 5.74) is 3.49. The topological polar surface area (TPSA) is 59.6 Å². The van der Waals surface area contributed by atoms with Crippen LogP contribution in [0.5, 0.6) is 0 Å². The van der Waals surface area contributed by atoms with Crippen LogP contribution in [0.15, 0.2) is 36.2 Å². The van der Waals surface area contributed by atoms with Gasteiger partial charge in [-0.25, -0.2) is 4.79 Å². The van der Waals surface area contributed by atoms with Crippen molar-refractivity contribution in [2.24, 2.45) is 0 Å². The average molecular weight is 236 g/mol. The van der Waals surface area contributed by atoms with Crippen LogP contribution < -0.4 is 4.57 Å². The molecule has 0 aliphatic heterocycles. The number of pyridine rings is 1. The van der Waals surface area contributed by atoms with Gasteiger partial charge in [-0.2, -0.15) is 4.57 Å². The van der Waals surface area contributed by atoms with Crippen LogP contribution in [0.25, 0.3) is 5.70 Å². The molecule has 1 aromatic heterocycles. The molecular weight excluding hydrogens is 222 g/mol. The van der Waals surface area contributed by atoms with Gasteiger partial charge < -0.3 is 14.6 Å². The smallest absolute Gasteiger partial charge is 0.413 e. The number of aliphatic hydroxyl groups excluding tert-OH is 1. The lowest BCUT2D eigenvalue weighted by Gasteiger charge is -1.98. The maximum atomic E-state index is 11.5. The Kier molecular flexibility index (Phi) is 4.31. The van der Waals surface area contributed by atoms with Gasteiger partial charge in [0.25, 0.3) is 0 Å². The van der Waals surface area contributed by atoms with Crippen LogP contribution in [0.1, 0.15) is 5.56 Å². The van der Waals surface area contributed by atoms with E-state index in [2.05, 4.69) is 15.2 Å². The standard InChI is InChI=1S/C12H13NO4/c1-9-4-6-13(7-5-9)10(12(15)17-3)8-11(14)16-2/h4-7H,1-3H3/p+1. The summed E-state index contributed by atoms with van der Waals surface area (Å²) in [4.78, 5) is 11.5. The molecule has 0 aliphatic carbocycles. The van der Waals surface area contributed by atoms with Gasteiger partial charge in [-0.05, 0) is 12.5 Å². The number of hydrogen-bond donors (Lipinski definition) is 1. The van der Waals surface area contributed by atoms with Gasteiger partial charge in [0.2, 0.25) is 0 Å². The summed E-state index contributed by atoms with van der Waals surface area (Å²) in [5.74, 6) is -1.11. The lowest BCUT2D eigenvalue weighted by atomic mass is 10.3. The van der Waals surface area contributed by atoms with Crippen molar-refractivity contribution in [2.75, 3.05) is 14.2 Å². The van der Waals surface area contributed by atoms with Crippen molar-refractivity contribution >= 4 is 11.7 Å². The molecule has 0 saturated carbocycles. The summed E-state index contributed by atoms with van der Waals surface area (Å²) in [6.45, 7) is 1.92. The number of ether oxygens (including phenoxy) is 2.